The van der Waals surface area contributed by atoms with Crippen LogP contribution in [0.1, 0.15) is 31.7 Å². The predicted molar refractivity (Wildman–Crippen MR) is 63.6 cm³/mol. The molecule has 0 spiro atoms. The SMILES string of the molecule is C=C(N)C(C)C(CC)c1cccc(O)c1. The van der Waals surface area contributed by atoms with Crippen molar-refractivity contribution in [2.75, 3.05) is 0 Å². The second-order valence-electron chi connectivity index (χ2n) is 3.97. The molecule has 0 aliphatic rings. The minimum Gasteiger partial charge on any atom is -0.508 e. The molecule has 0 aliphatic heterocycles. The zero-order valence-corrected chi connectivity index (χ0v) is 9.40. The second-order valence-corrected chi connectivity index (χ2v) is 3.97. The van der Waals surface area contributed by atoms with Gasteiger partial charge in [-0.25, -0.2) is 0 Å². The number of hydrogen-bond acceptors (Lipinski definition) is 2. The maximum Gasteiger partial charge on any atom is 0.115 e. The Labute approximate surface area is 91.4 Å². The number of nitrogens with two attached hydrogens (primary N) is 1. The number of phenolic OH excluding ortho intramolecular Hbond substituents is 1. The van der Waals surface area contributed by atoms with Crippen LogP contribution in [-0.4, -0.2) is 5.11 Å². The van der Waals surface area contributed by atoms with E-state index in [1.54, 1.807) is 12.1 Å². The van der Waals surface area contributed by atoms with Gasteiger partial charge in [0.05, 0.1) is 0 Å². The van der Waals surface area contributed by atoms with E-state index in [9.17, 15) is 5.11 Å². The molecule has 0 amide bonds. The quantitative estimate of drug-likeness (QED) is 0.793. The van der Waals surface area contributed by atoms with E-state index in [2.05, 4.69) is 20.4 Å². The number of rotatable bonds is 4. The van der Waals surface area contributed by atoms with Crippen molar-refractivity contribution in [3.63, 3.8) is 0 Å². The van der Waals surface area contributed by atoms with E-state index < -0.39 is 0 Å². The Morgan fingerprint density at radius 2 is 2.20 bits per heavy atom. The van der Waals surface area contributed by atoms with Crippen molar-refractivity contribution in [1.82, 2.24) is 0 Å². The molecule has 0 saturated carbocycles. The fourth-order valence-electron chi connectivity index (χ4n) is 1.89. The van der Waals surface area contributed by atoms with Gasteiger partial charge < -0.3 is 10.8 Å². The summed E-state index contributed by atoms with van der Waals surface area (Å²) in [5.41, 5.74) is 7.55. The molecule has 2 heteroatoms. The largest absolute Gasteiger partial charge is 0.508 e. The third-order valence-electron chi connectivity index (χ3n) is 2.93. The first-order valence-electron chi connectivity index (χ1n) is 5.29. The molecule has 82 valence electrons. The van der Waals surface area contributed by atoms with Crippen LogP contribution in [-0.2, 0) is 0 Å². The normalized spacial score (nSPS) is 14.5. The zero-order chi connectivity index (χ0) is 11.4. The molecule has 2 atom stereocenters. The van der Waals surface area contributed by atoms with Crippen LogP contribution >= 0.6 is 0 Å². The summed E-state index contributed by atoms with van der Waals surface area (Å²) in [6.07, 6.45) is 0.987. The smallest absolute Gasteiger partial charge is 0.115 e. The van der Waals surface area contributed by atoms with Crippen LogP contribution in [0.25, 0.3) is 0 Å². The van der Waals surface area contributed by atoms with E-state index in [0.717, 1.165) is 12.0 Å². The highest BCUT2D eigenvalue weighted by molar-refractivity contribution is 5.31. The summed E-state index contributed by atoms with van der Waals surface area (Å²) in [6.45, 7) is 7.98. The van der Waals surface area contributed by atoms with Gasteiger partial charge in [-0.1, -0.05) is 32.6 Å². The van der Waals surface area contributed by atoms with Gasteiger partial charge >= 0.3 is 0 Å². The molecule has 3 N–H and O–H groups in total. The van der Waals surface area contributed by atoms with Crippen LogP contribution in [0.3, 0.4) is 0 Å². The van der Waals surface area contributed by atoms with Crippen molar-refractivity contribution in [3.8, 4) is 5.75 Å². The average molecular weight is 205 g/mol. The third kappa shape index (κ3) is 2.75. The second kappa shape index (κ2) is 4.87. The Morgan fingerprint density at radius 3 is 2.67 bits per heavy atom. The van der Waals surface area contributed by atoms with Crippen LogP contribution in [0.15, 0.2) is 36.5 Å². The Balaban J connectivity index is 2.97. The van der Waals surface area contributed by atoms with Crippen LogP contribution in [0.2, 0.25) is 0 Å². The first-order chi connectivity index (χ1) is 7.06. The monoisotopic (exact) mass is 205 g/mol. The van der Waals surface area contributed by atoms with Gasteiger partial charge in [-0.2, -0.15) is 0 Å². The maximum atomic E-state index is 9.42. The number of hydrogen-bond donors (Lipinski definition) is 2. The molecule has 0 aliphatic carbocycles. The van der Waals surface area contributed by atoms with Gasteiger partial charge in [0.1, 0.15) is 5.75 Å². The van der Waals surface area contributed by atoms with Gasteiger partial charge in [-0.15, -0.1) is 0 Å². The highest BCUT2D eigenvalue weighted by atomic mass is 16.3. The van der Waals surface area contributed by atoms with Crippen molar-refractivity contribution in [1.29, 1.82) is 0 Å². The molecule has 0 saturated heterocycles. The number of benzene rings is 1. The highest BCUT2D eigenvalue weighted by Gasteiger charge is 2.18. The molecule has 1 aromatic rings. The topological polar surface area (TPSA) is 46.2 Å². The van der Waals surface area contributed by atoms with Crippen LogP contribution in [0.4, 0.5) is 0 Å². The Kier molecular flexibility index (Phi) is 3.78. The van der Waals surface area contributed by atoms with Crippen LogP contribution in [0, 0.1) is 5.92 Å². The van der Waals surface area contributed by atoms with Gasteiger partial charge in [0, 0.05) is 11.6 Å². The van der Waals surface area contributed by atoms with Crippen LogP contribution in [0.5, 0.6) is 5.75 Å². The van der Waals surface area contributed by atoms with E-state index in [1.807, 2.05) is 12.1 Å². The van der Waals surface area contributed by atoms with Gasteiger partial charge in [0.2, 0.25) is 0 Å². The van der Waals surface area contributed by atoms with E-state index in [4.69, 9.17) is 5.73 Å². The molecule has 1 rings (SSSR count). The maximum absolute atomic E-state index is 9.42. The molecule has 0 radical (unpaired) electrons. The standard InChI is InChI=1S/C13H19NO/c1-4-13(9(2)10(3)14)11-6-5-7-12(15)8-11/h5-9,13,15H,3-4,14H2,1-2H3. The minimum absolute atomic E-state index is 0.233. The summed E-state index contributed by atoms with van der Waals surface area (Å²) in [4.78, 5) is 0. The van der Waals surface area contributed by atoms with E-state index >= 15 is 0 Å². The number of aromatic hydroxyl groups is 1. The fourth-order valence-corrected chi connectivity index (χ4v) is 1.89. The lowest BCUT2D eigenvalue weighted by molar-refractivity contribution is 0.467. The van der Waals surface area contributed by atoms with Gasteiger partial charge in [-0.3, -0.25) is 0 Å². The first kappa shape index (κ1) is 11.6. The lowest BCUT2D eigenvalue weighted by Gasteiger charge is -2.23. The fraction of sp³-hybridized carbons (Fsp3) is 0.385. The molecule has 15 heavy (non-hydrogen) atoms. The van der Waals surface area contributed by atoms with E-state index in [-0.39, 0.29) is 5.92 Å². The molecule has 0 bridgehead atoms. The molecule has 0 fully saturated rings. The number of allylic oxidation sites excluding steroid dienone is 1. The molecular weight excluding hydrogens is 186 g/mol. The Hall–Kier alpha value is -1.44. The van der Waals surface area contributed by atoms with Crippen molar-refractivity contribution in [2.45, 2.75) is 26.2 Å². The molecular formula is C13H19NO. The Bertz CT molecular complexity index is 346. The summed E-state index contributed by atoms with van der Waals surface area (Å²) in [5.74, 6) is 0.868. The molecule has 0 aromatic heterocycles. The third-order valence-corrected chi connectivity index (χ3v) is 2.93. The summed E-state index contributed by atoms with van der Waals surface area (Å²) >= 11 is 0. The molecule has 0 heterocycles. The van der Waals surface area contributed by atoms with Crippen molar-refractivity contribution in [3.05, 3.63) is 42.1 Å². The van der Waals surface area contributed by atoms with Crippen molar-refractivity contribution >= 4 is 0 Å². The molecule has 1 aromatic carbocycles. The predicted octanol–water partition coefficient (Wildman–Crippen LogP) is 2.99. The van der Waals surface area contributed by atoms with Gasteiger partial charge in [0.25, 0.3) is 0 Å². The molecule has 2 nitrogen and oxygen atoms in total. The van der Waals surface area contributed by atoms with Gasteiger partial charge in [0.15, 0.2) is 0 Å². The first-order valence-corrected chi connectivity index (χ1v) is 5.29. The highest BCUT2D eigenvalue weighted by Crippen LogP contribution is 2.31. The van der Waals surface area contributed by atoms with Crippen molar-refractivity contribution < 1.29 is 5.11 Å². The van der Waals surface area contributed by atoms with Gasteiger partial charge in [-0.05, 0) is 30.0 Å². The summed E-state index contributed by atoms with van der Waals surface area (Å²) in [7, 11) is 0. The zero-order valence-electron chi connectivity index (χ0n) is 9.40. The summed E-state index contributed by atoms with van der Waals surface area (Å²) < 4.78 is 0. The summed E-state index contributed by atoms with van der Waals surface area (Å²) in [6, 6.07) is 7.36. The number of phenols is 1. The lowest BCUT2D eigenvalue weighted by Crippen LogP contribution is -2.16. The van der Waals surface area contributed by atoms with Crippen molar-refractivity contribution in [2.24, 2.45) is 11.7 Å². The average Bonchev–Trinajstić information content (AvgIpc) is 2.18. The van der Waals surface area contributed by atoms with Crippen LogP contribution < -0.4 is 5.73 Å². The van der Waals surface area contributed by atoms with E-state index in [1.165, 1.54) is 0 Å². The minimum atomic E-state index is 0.233. The lowest BCUT2D eigenvalue weighted by atomic mass is 9.84. The molecule has 2 unspecified atom stereocenters. The summed E-state index contributed by atoms with van der Waals surface area (Å²) in [5, 5.41) is 9.42. The Morgan fingerprint density at radius 1 is 1.53 bits per heavy atom. The van der Waals surface area contributed by atoms with E-state index in [0.29, 0.717) is 17.4 Å².